The van der Waals surface area contributed by atoms with Crippen LogP contribution in [-0.4, -0.2) is 28.0 Å². The highest BCUT2D eigenvalue weighted by Crippen LogP contribution is 2.35. The molecule has 27 heavy (non-hydrogen) atoms. The van der Waals surface area contributed by atoms with Crippen LogP contribution in [0.15, 0.2) is 33.9 Å². The van der Waals surface area contributed by atoms with E-state index in [1.165, 1.54) is 18.2 Å². The van der Waals surface area contributed by atoms with E-state index in [1.54, 1.807) is 0 Å². The van der Waals surface area contributed by atoms with Crippen molar-refractivity contribution in [3.8, 4) is 11.5 Å². The van der Waals surface area contributed by atoms with Gasteiger partial charge in [-0.2, -0.15) is 0 Å². The third-order valence-electron chi connectivity index (χ3n) is 5.23. The van der Waals surface area contributed by atoms with Gasteiger partial charge >= 0.3 is 5.97 Å². The summed E-state index contributed by atoms with van der Waals surface area (Å²) in [5.41, 5.74) is 2.01. The SMILES string of the molecule is Cc1cccc(-c2nnc(SCC(=O)O[C@H]3C[C@H](C)CC[C@@H]3C(C)C)o2)c1. The predicted octanol–water partition coefficient (Wildman–Crippen LogP) is 5.14. The van der Waals surface area contributed by atoms with Crippen molar-refractivity contribution in [2.24, 2.45) is 17.8 Å². The first-order valence-electron chi connectivity index (χ1n) is 9.65. The van der Waals surface area contributed by atoms with Crippen LogP contribution < -0.4 is 0 Å². The second-order valence-electron chi connectivity index (χ2n) is 7.89. The maximum absolute atomic E-state index is 12.3. The minimum absolute atomic E-state index is 0.0207. The molecule has 1 aliphatic rings. The Kier molecular flexibility index (Phi) is 6.58. The van der Waals surface area contributed by atoms with Crippen molar-refractivity contribution in [3.05, 3.63) is 29.8 Å². The van der Waals surface area contributed by atoms with Crippen molar-refractivity contribution in [3.63, 3.8) is 0 Å². The normalized spacial score (nSPS) is 22.8. The summed E-state index contributed by atoms with van der Waals surface area (Å²) in [6.07, 6.45) is 3.33. The van der Waals surface area contributed by atoms with Crippen molar-refractivity contribution >= 4 is 17.7 Å². The minimum atomic E-state index is -0.208. The fraction of sp³-hybridized carbons (Fsp3) is 0.571. The highest BCUT2D eigenvalue weighted by atomic mass is 32.2. The monoisotopic (exact) mass is 388 g/mol. The molecule has 1 aromatic carbocycles. The molecule has 0 aliphatic heterocycles. The standard InChI is InChI=1S/C21H28N2O3S/c1-13(2)17-9-8-15(4)11-18(17)25-19(24)12-27-21-23-22-20(26-21)16-7-5-6-14(3)10-16/h5-7,10,13,15,17-18H,8-9,11-12H2,1-4H3/t15-,17-,18+/m1/s1. The van der Waals surface area contributed by atoms with E-state index in [2.05, 4.69) is 31.0 Å². The van der Waals surface area contributed by atoms with Crippen LogP contribution in [0.5, 0.6) is 0 Å². The average molecular weight is 389 g/mol. The lowest BCUT2D eigenvalue weighted by Gasteiger charge is -2.36. The van der Waals surface area contributed by atoms with Gasteiger partial charge < -0.3 is 9.15 Å². The average Bonchev–Trinajstić information content (AvgIpc) is 3.09. The first-order valence-corrected chi connectivity index (χ1v) is 10.6. The second kappa shape index (κ2) is 8.91. The predicted molar refractivity (Wildman–Crippen MR) is 106 cm³/mol. The first kappa shape index (κ1) is 19.9. The van der Waals surface area contributed by atoms with E-state index in [9.17, 15) is 4.79 Å². The smallest absolute Gasteiger partial charge is 0.316 e. The highest BCUT2D eigenvalue weighted by molar-refractivity contribution is 7.99. The molecule has 3 rings (SSSR count). The molecule has 2 aromatic rings. The van der Waals surface area contributed by atoms with Crippen LogP contribution in [0.2, 0.25) is 0 Å². The van der Waals surface area contributed by atoms with Crippen molar-refractivity contribution in [1.29, 1.82) is 0 Å². The number of carbonyl (C=O) groups is 1. The summed E-state index contributed by atoms with van der Waals surface area (Å²) >= 11 is 1.23. The molecule has 0 spiro atoms. The Morgan fingerprint density at radius 2 is 2.15 bits per heavy atom. The second-order valence-corrected chi connectivity index (χ2v) is 8.81. The lowest BCUT2D eigenvalue weighted by Crippen LogP contribution is -2.36. The van der Waals surface area contributed by atoms with Gasteiger partial charge in [0.15, 0.2) is 0 Å². The Bertz CT molecular complexity index is 774. The van der Waals surface area contributed by atoms with Crippen molar-refractivity contribution in [2.75, 3.05) is 5.75 Å². The maximum atomic E-state index is 12.3. The number of rotatable bonds is 6. The number of benzene rings is 1. The molecule has 5 nitrogen and oxygen atoms in total. The Morgan fingerprint density at radius 3 is 2.89 bits per heavy atom. The van der Waals surface area contributed by atoms with Crippen LogP contribution in [0.25, 0.3) is 11.5 Å². The van der Waals surface area contributed by atoms with Gasteiger partial charge in [-0.1, -0.05) is 56.7 Å². The van der Waals surface area contributed by atoms with Crippen LogP contribution in [0, 0.1) is 24.7 Å². The van der Waals surface area contributed by atoms with Gasteiger partial charge in [-0.25, -0.2) is 0 Å². The third-order valence-corrected chi connectivity index (χ3v) is 6.02. The van der Waals surface area contributed by atoms with Gasteiger partial charge in [0.25, 0.3) is 5.22 Å². The van der Waals surface area contributed by atoms with E-state index in [0.29, 0.717) is 28.9 Å². The van der Waals surface area contributed by atoms with Crippen molar-refractivity contribution in [2.45, 2.75) is 58.3 Å². The van der Waals surface area contributed by atoms with Gasteiger partial charge in [-0.15, -0.1) is 10.2 Å². The van der Waals surface area contributed by atoms with Gasteiger partial charge in [0.1, 0.15) is 11.9 Å². The van der Waals surface area contributed by atoms with Gasteiger partial charge in [0, 0.05) is 5.56 Å². The van der Waals surface area contributed by atoms with E-state index >= 15 is 0 Å². The molecule has 146 valence electrons. The van der Waals surface area contributed by atoms with Crippen LogP contribution >= 0.6 is 11.8 Å². The summed E-state index contributed by atoms with van der Waals surface area (Å²) in [5, 5.41) is 8.50. The molecular weight excluding hydrogens is 360 g/mol. The topological polar surface area (TPSA) is 65.2 Å². The molecule has 6 heteroatoms. The lowest BCUT2D eigenvalue weighted by molar-refractivity contribution is -0.152. The number of carbonyl (C=O) groups excluding carboxylic acids is 1. The molecule has 0 unspecified atom stereocenters. The van der Waals surface area contributed by atoms with Gasteiger partial charge in [0.05, 0.1) is 0 Å². The molecule has 0 saturated heterocycles. The summed E-state index contributed by atoms with van der Waals surface area (Å²) < 4.78 is 11.5. The number of nitrogens with zero attached hydrogens (tertiary/aromatic N) is 2. The van der Waals surface area contributed by atoms with E-state index in [4.69, 9.17) is 9.15 Å². The summed E-state index contributed by atoms with van der Waals surface area (Å²) in [4.78, 5) is 12.3. The molecule has 1 fully saturated rings. The fourth-order valence-corrected chi connectivity index (χ4v) is 4.28. The summed E-state index contributed by atoms with van der Waals surface area (Å²) in [6, 6.07) is 7.89. The number of esters is 1. The largest absolute Gasteiger partial charge is 0.461 e. The zero-order chi connectivity index (χ0) is 19.4. The molecule has 1 aromatic heterocycles. The van der Waals surface area contributed by atoms with Crippen LogP contribution in [0.1, 0.15) is 45.6 Å². The Balaban J connectivity index is 1.54. The molecule has 3 atom stereocenters. The minimum Gasteiger partial charge on any atom is -0.461 e. The zero-order valence-electron chi connectivity index (χ0n) is 16.5. The van der Waals surface area contributed by atoms with Gasteiger partial charge in [-0.3, -0.25) is 4.79 Å². The fourth-order valence-electron chi connectivity index (χ4n) is 3.74. The lowest BCUT2D eigenvalue weighted by atomic mass is 9.75. The highest BCUT2D eigenvalue weighted by Gasteiger charge is 2.33. The molecular formula is C21H28N2O3S. The Hall–Kier alpha value is -1.82. The molecule has 0 N–H and O–H groups in total. The molecule has 1 saturated carbocycles. The van der Waals surface area contributed by atoms with Crippen LogP contribution in [0.4, 0.5) is 0 Å². The number of thioether (sulfide) groups is 1. The first-order chi connectivity index (χ1) is 12.9. The summed E-state index contributed by atoms with van der Waals surface area (Å²) in [7, 11) is 0. The van der Waals surface area contributed by atoms with Crippen LogP contribution in [-0.2, 0) is 9.53 Å². The number of hydrogen-bond acceptors (Lipinski definition) is 6. The Morgan fingerprint density at radius 1 is 1.33 bits per heavy atom. The number of ether oxygens (including phenoxy) is 1. The van der Waals surface area contributed by atoms with Gasteiger partial charge in [-0.05, 0) is 49.7 Å². The third kappa shape index (κ3) is 5.34. The Labute approximate surface area is 165 Å². The molecule has 0 amide bonds. The number of hydrogen-bond donors (Lipinski definition) is 0. The number of aryl methyl sites for hydroxylation is 1. The van der Waals surface area contributed by atoms with E-state index < -0.39 is 0 Å². The van der Waals surface area contributed by atoms with Crippen molar-refractivity contribution in [1.82, 2.24) is 10.2 Å². The van der Waals surface area contributed by atoms with Crippen molar-refractivity contribution < 1.29 is 13.9 Å². The quantitative estimate of drug-likeness (QED) is 0.504. The maximum Gasteiger partial charge on any atom is 0.316 e. The summed E-state index contributed by atoms with van der Waals surface area (Å²) in [6.45, 7) is 8.67. The van der Waals surface area contributed by atoms with Gasteiger partial charge in [0.2, 0.25) is 5.89 Å². The molecule has 1 aliphatic carbocycles. The van der Waals surface area contributed by atoms with Crippen LogP contribution in [0.3, 0.4) is 0 Å². The zero-order valence-corrected chi connectivity index (χ0v) is 17.3. The molecule has 0 radical (unpaired) electrons. The van der Waals surface area contributed by atoms with E-state index in [0.717, 1.165) is 24.0 Å². The molecule has 1 heterocycles. The van der Waals surface area contributed by atoms with E-state index in [1.807, 2.05) is 31.2 Å². The van der Waals surface area contributed by atoms with E-state index in [-0.39, 0.29) is 17.8 Å². The molecule has 0 bridgehead atoms. The summed E-state index contributed by atoms with van der Waals surface area (Å²) in [5.74, 6) is 2.03. The number of aromatic nitrogens is 2.